The van der Waals surface area contributed by atoms with Crippen LogP contribution in [0, 0.1) is 17.1 Å². The summed E-state index contributed by atoms with van der Waals surface area (Å²) >= 11 is 0. The molecule has 5 aromatic rings. The van der Waals surface area contributed by atoms with Gasteiger partial charge in [0.25, 0.3) is 0 Å². The zero-order valence-corrected chi connectivity index (χ0v) is 38.7. The zero-order valence-electron chi connectivity index (χ0n) is 38.7. The quantitative estimate of drug-likeness (QED) is 0.0841. The van der Waals surface area contributed by atoms with Crippen molar-refractivity contribution in [1.29, 1.82) is 5.26 Å². The van der Waals surface area contributed by atoms with Gasteiger partial charge in [0.2, 0.25) is 5.82 Å². The number of aryl methyl sites for hydroxylation is 2. The Balaban J connectivity index is 0.000000228. The van der Waals surface area contributed by atoms with Crippen LogP contribution in [-0.2, 0) is 74.5 Å². The van der Waals surface area contributed by atoms with E-state index in [0.717, 1.165) is 23.2 Å². The largest absolute Gasteiger partial charge is 0.494 e. The summed E-state index contributed by atoms with van der Waals surface area (Å²) in [6.07, 6.45) is -8.33. The lowest BCUT2D eigenvalue weighted by Crippen LogP contribution is -2.41. The summed E-state index contributed by atoms with van der Waals surface area (Å²) in [5, 5.41) is 9.34. The molecule has 68 heavy (non-hydrogen) atoms. The van der Waals surface area contributed by atoms with E-state index in [1.54, 1.807) is 61.2 Å². The van der Waals surface area contributed by atoms with E-state index in [1.807, 2.05) is 52.0 Å². The number of hydrogen-bond donors (Lipinski definition) is 0. The normalized spacial score (nSPS) is 15.6. The van der Waals surface area contributed by atoms with Crippen molar-refractivity contribution in [3.05, 3.63) is 141 Å². The number of halogens is 7. The molecule has 358 valence electrons. The second-order valence-corrected chi connectivity index (χ2v) is 17.7. The summed E-state index contributed by atoms with van der Waals surface area (Å²) in [7, 11) is -0.479. The van der Waals surface area contributed by atoms with E-state index >= 15 is 0 Å². The fraction of sp³-hybridized carbons (Fsp3) is 0.392. The molecule has 3 heterocycles. The highest BCUT2D eigenvalue weighted by Gasteiger charge is 2.51. The summed E-state index contributed by atoms with van der Waals surface area (Å²) in [6.45, 7) is 13.0. The fourth-order valence-electron chi connectivity index (χ4n) is 7.81. The number of ketones is 2. The molecular weight excluding hydrogens is 892 g/mol. The lowest BCUT2D eigenvalue weighted by atomic mass is 9.78. The van der Waals surface area contributed by atoms with Crippen molar-refractivity contribution >= 4 is 30.0 Å². The number of morpholine rings is 1. The van der Waals surface area contributed by atoms with Gasteiger partial charge in [-0.1, -0.05) is 86.6 Å². The number of Topliss-reactive ketones (excluding diaryl/α,β-unsaturated/α-hetero) is 2. The minimum atomic E-state index is -4.48. The van der Waals surface area contributed by atoms with Gasteiger partial charge in [-0.25, -0.2) is 9.97 Å². The van der Waals surface area contributed by atoms with E-state index in [9.17, 15) is 45.6 Å². The standard InChI is InChI=1S/C27H24F4N4O2.C24H28BF3O3/c1-2-19-6-5-18(15-22(19)27(29,30)31)14-21(36)13-17-3-7-20(8-4-17)25-33-23(16-32)24(28)26(34-25)35-9-11-37-12-10-35;1-6-18-10-7-17(15-21(18)24(26,27)28)14-20(29)13-16-8-11-19(12-9-16)25-30-22(2,3)23(4,5)31-25/h3-8,15H,2,9-14H2,1H3;7-12,15H,6,13-14H2,1-5H3. The van der Waals surface area contributed by atoms with Crippen molar-refractivity contribution < 1.29 is 54.4 Å². The Labute approximate surface area is 391 Å². The molecule has 0 amide bonds. The van der Waals surface area contributed by atoms with Gasteiger partial charge in [-0.3, -0.25) is 9.59 Å². The molecule has 0 N–H and O–H groups in total. The predicted molar refractivity (Wildman–Crippen MR) is 244 cm³/mol. The van der Waals surface area contributed by atoms with Crippen molar-refractivity contribution in [2.75, 3.05) is 31.2 Å². The number of ether oxygens (including phenoxy) is 1. The lowest BCUT2D eigenvalue weighted by Gasteiger charge is -2.32. The fourth-order valence-corrected chi connectivity index (χ4v) is 7.81. The Morgan fingerprint density at radius 1 is 0.676 bits per heavy atom. The molecule has 0 saturated carbocycles. The number of alkyl halides is 6. The predicted octanol–water partition coefficient (Wildman–Crippen LogP) is 9.85. The molecule has 0 spiro atoms. The van der Waals surface area contributed by atoms with Crippen LogP contribution in [0.1, 0.15) is 91.7 Å². The molecule has 9 nitrogen and oxygen atoms in total. The summed E-state index contributed by atoms with van der Waals surface area (Å²) < 4.78 is 112. The first-order valence-corrected chi connectivity index (χ1v) is 22.3. The van der Waals surface area contributed by atoms with Crippen molar-refractivity contribution in [3.8, 4) is 17.5 Å². The maximum atomic E-state index is 14.7. The Morgan fingerprint density at radius 2 is 1.10 bits per heavy atom. The average Bonchev–Trinajstić information content (AvgIpc) is 3.52. The summed E-state index contributed by atoms with van der Waals surface area (Å²) in [5.41, 5.74) is 1.37. The lowest BCUT2D eigenvalue weighted by molar-refractivity contribution is -0.139. The highest BCUT2D eigenvalue weighted by Crippen LogP contribution is 2.37. The Bertz CT molecular complexity index is 2630. The smallest absolute Gasteiger partial charge is 0.399 e. The van der Waals surface area contributed by atoms with E-state index in [2.05, 4.69) is 9.97 Å². The van der Waals surface area contributed by atoms with Crippen LogP contribution in [-0.4, -0.2) is 66.2 Å². The van der Waals surface area contributed by atoms with Gasteiger partial charge in [-0.2, -0.15) is 36.0 Å². The number of anilines is 1. The van der Waals surface area contributed by atoms with E-state index in [1.165, 1.54) is 12.1 Å². The molecule has 2 saturated heterocycles. The minimum Gasteiger partial charge on any atom is -0.399 e. The molecule has 0 radical (unpaired) electrons. The van der Waals surface area contributed by atoms with E-state index < -0.39 is 47.6 Å². The van der Waals surface area contributed by atoms with Crippen LogP contribution in [0.4, 0.5) is 36.6 Å². The summed E-state index contributed by atoms with van der Waals surface area (Å²) in [4.78, 5) is 35.2. The van der Waals surface area contributed by atoms with Crippen LogP contribution in [0.25, 0.3) is 11.4 Å². The molecule has 1 aromatic heterocycles. The van der Waals surface area contributed by atoms with Crippen molar-refractivity contribution in [2.45, 2.75) is 104 Å². The third kappa shape index (κ3) is 12.6. The van der Waals surface area contributed by atoms with Crippen LogP contribution in [0.15, 0.2) is 84.9 Å². The summed E-state index contributed by atoms with van der Waals surface area (Å²) in [6, 6.07) is 24.0. The minimum absolute atomic E-state index is 0.0317. The number of carbonyl (C=O) groups excluding carboxylic acids is 2. The van der Waals surface area contributed by atoms with E-state index in [4.69, 9.17) is 14.0 Å². The first kappa shape index (κ1) is 51.4. The molecule has 2 aliphatic rings. The van der Waals surface area contributed by atoms with Gasteiger partial charge in [0.05, 0.1) is 35.5 Å². The number of benzene rings is 4. The van der Waals surface area contributed by atoms with Crippen molar-refractivity contribution in [3.63, 3.8) is 0 Å². The first-order valence-electron chi connectivity index (χ1n) is 22.3. The van der Waals surface area contributed by atoms with Gasteiger partial charge in [0.1, 0.15) is 17.6 Å². The van der Waals surface area contributed by atoms with Gasteiger partial charge in [-0.15, -0.1) is 0 Å². The Morgan fingerprint density at radius 3 is 1.53 bits per heavy atom. The number of hydrogen-bond acceptors (Lipinski definition) is 9. The Kier molecular flexibility index (Phi) is 16.0. The van der Waals surface area contributed by atoms with Gasteiger partial charge in [-0.05, 0) is 91.5 Å². The van der Waals surface area contributed by atoms with Crippen LogP contribution in [0.3, 0.4) is 0 Å². The number of aromatic nitrogens is 2. The molecule has 0 bridgehead atoms. The monoisotopic (exact) mass is 944 g/mol. The molecule has 2 fully saturated rings. The second kappa shape index (κ2) is 21.1. The topological polar surface area (TPSA) is 115 Å². The SMILES string of the molecule is CCc1ccc(CC(=O)Cc2ccc(-c3nc(C#N)c(F)c(N4CCOCC4)n3)cc2)cc1C(F)(F)F.CCc1ccc(CC(=O)Cc2ccc(B3OC(C)(C)C(C)(C)O3)cc2)cc1C(F)(F)F. The number of carbonyl (C=O) groups is 2. The molecule has 17 heteroatoms. The molecule has 7 rings (SSSR count). The third-order valence-corrected chi connectivity index (χ3v) is 12.3. The number of rotatable bonds is 13. The first-order chi connectivity index (χ1) is 32.0. The van der Waals surface area contributed by atoms with E-state index in [0.29, 0.717) is 48.6 Å². The summed E-state index contributed by atoms with van der Waals surface area (Å²) in [5.74, 6) is -0.939. The van der Waals surface area contributed by atoms with Crippen LogP contribution < -0.4 is 10.4 Å². The Hall–Kier alpha value is -5.96. The van der Waals surface area contributed by atoms with Crippen molar-refractivity contribution in [1.82, 2.24) is 9.97 Å². The molecule has 4 aromatic carbocycles. The van der Waals surface area contributed by atoms with Gasteiger partial charge in [0.15, 0.2) is 17.3 Å². The third-order valence-electron chi connectivity index (χ3n) is 12.3. The van der Waals surface area contributed by atoms with Crippen molar-refractivity contribution in [2.24, 2.45) is 0 Å². The second-order valence-electron chi connectivity index (χ2n) is 17.7. The molecule has 0 atom stereocenters. The highest BCUT2D eigenvalue weighted by atomic mass is 19.4. The average molecular weight is 945 g/mol. The van der Waals surface area contributed by atoms with Gasteiger partial charge < -0.3 is 18.9 Å². The van der Waals surface area contributed by atoms with Gasteiger partial charge >= 0.3 is 19.5 Å². The molecular formula is C51H52BF7N4O5. The van der Waals surface area contributed by atoms with Gasteiger partial charge in [0, 0.05) is 44.3 Å². The maximum Gasteiger partial charge on any atom is 0.494 e. The maximum absolute atomic E-state index is 14.7. The molecule has 0 unspecified atom stereocenters. The van der Waals surface area contributed by atoms with Crippen LogP contribution in [0.2, 0.25) is 0 Å². The highest BCUT2D eigenvalue weighted by molar-refractivity contribution is 6.62. The van der Waals surface area contributed by atoms with Crippen LogP contribution >= 0.6 is 0 Å². The number of nitriles is 1. The van der Waals surface area contributed by atoms with E-state index in [-0.39, 0.29) is 78.6 Å². The molecule has 0 aliphatic carbocycles. The zero-order chi connectivity index (χ0) is 49.6. The van der Waals surface area contributed by atoms with Crippen LogP contribution in [0.5, 0.6) is 0 Å². The number of nitrogens with zero attached hydrogens (tertiary/aromatic N) is 4. The molecule has 2 aliphatic heterocycles.